The standard InChI is InChI=1S/C22H21F4N5O2/c1-12-8-31(9-12)10-17(13-5-6-16(23)15(7-13)22(24,25)26)30-20-14-3-2-4-18(33-21(27)32)19(14)28-11-29-20/h2-7,11-12,17H,8-10H2,1H3,(H2,27,32)(H,28,29,30)/t17-/m1/s1. The second-order valence-corrected chi connectivity index (χ2v) is 8.05. The van der Waals surface area contributed by atoms with Gasteiger partial charge >= 0.3 is 12.3 Å². The molecule has 174 valence electrons. The van der Waals surface area contributed by atoms with Crippen LogP contribution in [0.5, 0.6) is 5.75 Å². The number of fused-ring (bicyclic) bond motifs is 1. The number of nitrogens with two attached hydrogens (primary N) is 1. The number of carbonyl (C=O) groups is 1. The zero-order valence-electron chi connectivity index (χ0n) is 17.6. The number of nitrogens with zero attached hydrogens (tertiary/aromatic N) is 3. The van der Waals surface area contributed by atoms with Crippen LogP contribution in [0.25, 0.3) is 10.9 Å². The Morgan fingerprint density at radius 3 is 2.70 bits per heavy atom. The lowest BCUT2D eigenvalue weighted by Crippen LogP contribution is -2.47. The van der Waals surface area contributed by atoms with Crippen molar-refractivity contribution in [3.8, 4) is 5.75 Å². The van der Waals surface area contributed by atoms with Crippen LogP contribution >= 0.6 is 0 Å². The molecule has 2 heterocycles. The van der Waals surface area contributed by atoms with Gasteiger partial charge in [-0.05, 0) is 35.7 Å². The Bertz CT molecular complexity index is 1180. The van der Waals surface area contributed by atoms with Gasteiger partial charge in [0.15, 0.2) is 5.75 Å². The molecule has 7 nitrogen and oxygen atoms in total. The quantitative estimate of drug-likeness (QED) is 0.528. The van der Waals surface area contributed by atoms with Crippen LogP contribution in [0.1, 0.15) is 24.1 Å². The van der Waals surface area contributed by atoms with Crippen LogP contribution in [-0.4, -0.2) is 40.6 Å². The van der Waals surface area contributed by atoms with Crippen LogP contribution in [0.4, 0.5) is 28.2 Å². The fourth-order valence-corrected chi connectivity index (χ4v) is 3.98. The number of likely N-dealkylation sites (tertiary alicyclic amines) is 1. The van der Waals surface area contributed by atoms with E-state index in [1.807, 2.05) is 0 Å². The van der Waals surface area contributed by atoms with E-state index in [2.05, 4.69) is 27.1 Å². The van der Waals surface area contributed by atoms with E-state index >= 15 is 0 Å². The Morgan fingerprint density at radius 1 is 1.27 bits per heavy atom. The summed E-state index contributed by atoms with van der Waals surface area (Å²) in [6, 6.07) is 7.15. The third-order valence-corrected chi connectivity index (χ3v) is 5.43. The lowest BCUT2D eigenvalue weighted by molar-refractivity contribution is -0.140. The van der Waals surface area contributed by atoms with Gasteiger partial charge in [-0.25, -0.2) is 19.2 Å². The molecular weight excluding hydrogens is 442 g/mol. The monoisotopic (exact) mass is 463 g/mol. The lowest BCUT2D eigenvalue weighted by Gasteiger charge is -2.39. The van der Waals surface area contributed by atoms with Crippen molar-refractivity contribution in [2.75, 3.05) is 25.0 Å². The molecule has 1 fully saturated rings. The Labute approximate surface area is 186 Å². The van der Waals surface area contributed by atoms with E-state index in [0.29, 0.717) is 29.2 Å². The predicted octanol–water partition coefficient (Wildman–Crippen LogP) is 4.35. The predicted molar refractivity (Wildman–Crippen MR) is 113 cm³/mol. The molecule has 2 aromatic carbocycles. The molecule has 1 saturated heterocycles. The molecule has 0 saturated carbocycles. The van der Waals surface area contributed by atoms with Gasteiger partial charge in [0.05, 0.1) is 11.6 Å². The number of anilines is 1. The van der Waals surface area contributed by atoms with E-state index < -0.39 is 29.7 Å². The summed E-state index contributed by atoms with van der Waals surface area (Å²) >= 11 is 0. The highest BCUT2D eigenvalue weighted by Crippen LogP contribution is 2.35. The summed E-state index contributed by atoms with van der Waals surface area (Å²) < 4.78 is 58.8. The van der Waals surface area contributed by atoms with Crippen molar-refractivity contribution in [3.63, 3.8) is 0 Å². The fourth-order valence-electron chi connectivity index (χ4n) is 3.98. The number of hydrogen-bond acceptors (Lipinski definition) is 6. The fraction of sp³-hybridized carbons (Fsp3) is 0.318. The van der Waals surface area contributed by atoms with E-state index in [9.17, 15) is 22.4 Å². The molecule has 0 unspecified atom stereocenters. The Hall–Kier alpha value is -3.47. The number of carbonyl (C=O) groups excluding carboxylic acids is 1. The summed E-state index contributed by atoms with van der Waals surface area (Å²) in [5.41, 5.74) is 4.36. The average Bonchev–Trinajstić information content (AvgIpc) is 2.72. The van der Waals surface area contributed by atoms with Crippen LogP contribution in [0.2, 0.25) is 0 Å². The number of halogens is 4. The number of aromatic nitrogens is 2. The van der Waals surface area contributed by atoms with Gasteiger partial charge in [0.1, 0.15) is 23.5 Å². The number of benzene rings is 2. The molecule has 0 bridgehead atoms. The molecule has 33 heavy (non-hydrogen) atoms. The van der Waals surface area contributed by atoms with Crippen molar-refractivity contribution in [2.24, 2.45) is 11.7 Å². The molecule has 3 N–H and O–H groups in total. The van der Waals surface area contributed by atoms with Gasteiger partial charge in [0.25, 0.3) is 0 Å². The van der Waals surface area contributed by atoms with E-state index in [1.165, 1.54) is 18.5 Å². The molecule has 1 aromatic heterocycles. The number of primary amides is 1. The number of para-hydroxylation sites is 1. The van der Waals surface area contributed by atoms with Gasteiger partial charge in [-0.2, -0.15) is 13.2 Å². The lowest BCUT2D eigenvalue weighted by atomic mass is 9.98. The van der Waals surface area contributed by atoms with Crippen LogP contribution in [-0.2, 0) is 6.18 Å². The van der Waals surface area contributed by atoms with Crippen LogP contribution in [0, 0.1) is 11.7 Å². The van der Waals surface area contributed by atoms with Crippen molar-refractivity contribution in [2.45, 2.75) is 19.1 Å². The number of hydrogen-bond donors (Lipinski definition) is 2. The summed E-state index contributed by atoms with van der Waals surface area (Å²) in [6.07, 6.45) is -4.59. The molecule has 3 aromatic rings. The second kappa shape index (κ2) is 8.81. The SMILES string of the molecule is CC1CN(C[C@@H](Nc2ncnc3c(OC(N)=O)cccc23)c2ccc(F)c(C(F)(F)F)c2)C1. The van der Waals surface area contributed by atoms with Crippen LogP contribution in [0.15, 0.2) is 42.7 Å². The van der Waals surface area contributed by atoms with Crippen molar-refractivity contribution in [1.82, 2.24) is 14.9 Å². The molecule has 1 aliphatic rings. The summed E-state index contributed by atoms with van der Waals surface area (Å²) in [5.74, 6) is -0.396. The summed E-state index contributed by atoms with van der Waals surface area (Å²) in [7, 11) is 0. The average molecular weight is 463 g/mol. The highest BCUT2D eigenvalue weighted by molar-refractivity contribution is 5.94. The molecule has 1 amide bonds. The van der Waals surface area contributed by atoms with Crippen LogP contribution in [0.3, 0.4) is 0 Å². The first-order valence-corrected chi connectivity index (χ1v) is 10.2. The topological polar surface area (TPSA) is 93.4 Å². The number of ether oxygens (including phenoxy) is 1. The summed E-state index contributed by atoms with van der Waals surface area (Å²) in [6.45, 7) is 4.06. The van der Waals surface area contributed by atoms with Crippen molar-refractivity contribution in [3.05, 3.63) is 59.7 Å². The first-order chi connectivity index (χ1) is 15.6. The van der Waals surface area contributed by atoms with Crippen LogP contribution < -0.4 is 15.8 Å². The van der Waals surface area contributed by atoms with Gasteiger partial charge in [0, 0.05) is 25.0 Å². The highest BCUT2D eigenvalue weighted by atomic mass is 19.4. The van der Waals surface area contributed by atoms with Gasteiger partial charge in [0.2, 0.25) is 0 Å². The molecule has 4 rings (SSSR count). The van der Waals surface area contributed by atoms with Gasteiger partial charge in [-0.3, -0.25) is 0 Å². The molecular formula is C22H21F4N5O2. The second-order valence-electron chi connectivity index (χ2n) is 8.05. The van der Waals surface area contributed by atoms with Crippen molar-refractivity contribution < 1.29 is 27.1 Å². The summed E-state index contributed by atoms with van der Waals surface area (Å²) in [5, 5.41) is 3.66. The maximum Gasteiger partial charge on any atom is 0.419 e. The maximum absolute atomic E-state index is 13.9. The molecule has 1 aliphatic heterocycles. The third kappa shape index (κ3) is 4.98. The molecule has 0 spiro atoms. The van der Waals surface area contributed by atoms with Crippen molar-refractivity contribution >= 4 is 22.8 Å². The normalized spacial score (nSPS) is 15.8. The minimum atomic E-state index is -4.82. The highest BCUT2D eigenvalue weighted by Gasteiger charge is 2.35. The zero-order valence-corrected chi connectivity index (χ0v) is 17.6. The molecule has 11 heteroatoms. The first-order valence-electron chi connectivity index (χ1n) is 10.2. The first kappa shape index (κ1) is 22.7. The summed E-state index contributed by atoms with van der Waals surface area (Å²) in [4.78, 5) is 21.7. The van der Waals surface area contributed by atoms with Crippen molar-refractivity contribution in [1.29, 1.82) is 0 Å². The van der Waals surface area contributed by atoms with E-state index in [1.54, 1.807) is 12.1 Å². The van der Waals surface area contributed by atoms with Gasteiger partial charge in [-0.1, -0.05) is 19.1 Å². The zero-order chi connectivity index (χ0) is 23.8. The Kier molecular flexibility index (Phi) is 6.07. The Morgan fingerprint density at radius 2 is 2.03 bits per heavy atom. The number of alkyl halides is 3. The smallest absolute Gasteiger partial charge is 0.408 e. The number of nitrogens with one attached hydrogen (secondary N) is 1. The minimum absolute atomic E-state index is 0.125. The molecule has 0 radical (unpaired) electrons. The largest absolute Gasteiger partial charge is 0.419 e. The van der Waals surface area contributed by atoms with Gasteiger partial charge in [-0.15, -0.1) is 0 Å². The number of rotatable bonds is 6. The van der Waals surface area contributed by atoms with E-state index in [4.69, 9.17) is 10.5 Å². The molecule has 1 atom stereocenters. The number of amides is 1. The minimum Gasteiger partial charge on any atom is -0.408 e. The molecule has 0 aliphatic carbocycles. The van der Waals surface area contributed by atoms with E-state index in [-0.39, 0.29) is 11.3 Å². The Balaban J connectivity index is 1.72. The van der Waals surface area contributed by atoms with Gasteiger partial charge < -0.3 is 20.7 Å². The third-order valence-electron chi connectivity index (χ3n) is 5.43. The van der Waals surface area contributed by atoms with E-state index in [0.717, 1.165) is 25.2 Å². The maximum atomic E-state index is 13.9.